The molecule has 1 atom stereocenters. The van der Waals surface area contributed by atoms with Gasteiger partial charge in [-0.1, -0.05) is 42.5 Å². The van der Waals surface area contributed by atoms with Crippen molar-refractivity contribution >= 4 is 5.91 Å². The summed E-state index contributed by atoms with van der Waals surface area (Å²) < 4.78 is 0. The Kier molecular flexibility index (Phi) is 4.69. The SMILES string of the molecule is Cc1cnc(C)c(-c2cccc(C(=O)N3CC[C@@](O)(c4ccccc4)C3)c2)n1. The Morgan fingerprint density at radius 2 is 1.89 bits per heavy atom. The Labute approximate surface area is 164 Å². The lowest BCUT2D eigenvalue weighted by atomic mass is 9.93. The van der Waals surface area contributed by atoms with Crippen LogP contribution in [-0.4, -0.2) is 39.0 Å². The molecular formula is C23H23N3O2. The fourth-order valence-corrected chi connectivity index (χ4v) is 3.74. The topological polar surface area (TPSA) is 66.3 Å². The van der Waals surface area contributed by atoms with Crippen LogP contribution in [0.1, 0.15) is 33.7 Å². The van der Waals surface area contributed by atoms with Crippen LogP contribution in [0.2, 0.25) is 0 Å². The largest absolute Gasteiger partial charge is 0.383 e. The van der Waals surface area contributed by atoms with E-state index in [2.05, 4.69) is 9.97 Å². The number of benzene rings is 2. The maximum Gasteiger partial charge on any atom is 0.253 e. The van der Waals surface area contributed by atoms with Crippen LogP contribution < -0.4 is 0 Å². The second-order valence-electron chi connectivity index (χ2n) is 7.40. The smallest absolute Gasteiger partial charge is 0.253 e. The van der Waals surface area contributed by atoms with Crippen LogP contribution in [0.15, 0.2) is 60.8 Å². The van der Waals surface area contributed by atoms with Crippen LogP contribution in [0.3, 0.4) is 0 Å². The number of β-amino-alcohol motifs (C(OH)–C–C–N with tert-alkyl or cyclic N) is 1. The zero-order chi connectivity index (χ0) is 19.7. The highest BCUT2D eigenvalue weighted by molar-refractivity contribution is 5.95. The second-order valence-corrected chi connectivity index (χ2v) is 7.40. The van der Waals surface area contributed by atoms with Crippen molar-refractivity contribution in [2.24, 2.45) is 0 Å². The molecule has 142 valence electrons. The van der Waals surface area contributed by atoms with Gasteiger partial charge < -0.3 is 10.0 Å². The quantitative estimate of drug-likeness (QED) is 0.763. The van der Waals surface area contributed by atoms with E-state index in [-0.39, 0.29) is 5.91 Å². The maximum atomic E-state index is 13.1. The summed E-state index contributed by atoms with van der Waals surface area (Å²) in [6, 6.07) is 17.0. The van der Waals surface area contributed by atoms with Crippen molar-refractivity contribution in [3.05, 3.63) is 83.3 Å². The van der Waals surface area contributed by atoms with Gasteiger partial charge in [0.2, 0.25) is 0 Å². The highest BCUT2D eigenvalue weighted by Crippen LogP contribution is 2.33. The van der Waals surface area contributed by atoms with Gasteiger partial charge in [-0.05, 0) is 38.0 Å². The molecule has 1 saturated heterocycles. The number of aromatic nitrogens is 2. The zero-order valence-electron chi connectivity index (χ0n) is 16.1. The Morgan fingerprint density at radius 1 is 1.11 bits per heavy atom. The third kappa shape index (κ3) is 3.41. The minimum Gasteiger partial charge on any atom is -0.383 e. The first-order chi connectivity index (χ1) is 13.5. The molecule has 5 nitrogen and oxygen atoms in total. The standard InChI is InChI=1S/C23H23N3O2/c1-16-14-24-17(2)21(25-16)18-7-6-8-19(13-18)22(27)26-12-11-23(28,15-26)20-9-4-3-5-10-20/h3-10,13-14,28H,11-12,15H2,1-2H3/t23-/m0/s1. The third-order valence-corrected chi connectivity index (χ3v) is 5.30. The highest BCUT2D eigenvalue weighted by Gasteiger charge is 2.39. The molecule has 1 amide bonds. The molecule has 3 aromatic rings. The van der Waals surface area contributed by atoms with Gasteiger partial charge in [-0.2, -0.15) is 0 Å². The van der Waals surface area contributed by atoms with Crippen molar-refractivity contribution in [3.63, 3.8) is 0 Å². The molecule has 0 aliphatic carbocycles. The van der Waals surface area contributed by atoms with E-state index >= 15 is 0 Å². The zero-order valence-corrected chi connectivity index (χ0v) is 16.1. The molecule has 0 spiro atoms. The van der Waals surface area contributed by atoms with Crippen LogP contribution in [-0.2, 0) is 5.60 Å². The van der Waals surface area contributed by atoms with Gasteiger partial charge in [0.05, 0.1) is 23.6 Å². The minimum atomic E-state index is -0.993. The third-order valence-electron chi connectivity index (χ3n) is 5.30. The van der Waals surface area contributed by atoms with E-state index in [9.17, 15) is 9.90 Å². The van der Waals surface area contributed by atoms with Gasteiger partial charge in [0.15, 0.2) is 0 Å². The summed E-state index contributed by atoms with van der Waals surface area (Å²) in [6.07, 6.45) is 2.27. The van der Waals surface area contributed by atoms with Crippen molar-refractivity contribution in [2.45, 2.75) is 25.9 Å². The van der Waals surface area contributed by atoms with E-state index in [4.69, 9.17) is 0 Å². The van der Waals surface area contributed by atoms with E-state index in [1.165, 1.54) is 0 Å². The molecule has 4 rings (SSSR count). The molecule has 0 saturated carbocycles. The van der Waals surface area contributed by atoms with Gasteiger partial charge >= 0.3 is 0 Å². The summed E-state index contributed by atoms with van der Waals surface area (Å²) in [6.45, 7) is 4.64. The Balaban J connectivity index is 1.59. The van der Waals surface area contributed by atoms with Crippen molar-refractivity contribution in [1.29, 1.82) is 0 Å². The summed E-state index contributed by atoms with van der Waals surface area (Å²) >= 11 is 0. The first-order valence-electron chi connectivity index (χ1n) is 9.44. The van der Waals surface area contributed by atoms with Crippen molar-refractivity contribution < 1.29 is 9.90 Å². The molecule has 5 heteroatoms. The van der Waals surface area contributed by atoms with Gasteiger partial charge in [0, 0.05) is 23.9 Å². The van der Waals surface area contributed by atoms with Crippen molar-refractivity contribution in [1.82, 2.24) is 14.9 Å². The molecule has 1 N–H and O–H groups in total. The molecule has 2 heterocycles. The summed E-state index contributed by atoms with van der Waals surface area (Å²) in [7, 11) is 0. The van der Waals surface area contributed by atoms with Crippen LogP contribution in [0, 0.1) is 13.8 Å². The predicted molar refractivity (Wildman–Crippen MR) is 108 cm³/mol. The Morgan fingerprint density at radius 3 is 2.68 bits per heavy atom. The second kappa shape index (κ2) is 7.17. The van der Waals surface area contributed by atoms with E-state index in [0.717, 1.165) is 28.2 Å². The number of rotatable bonds is 3. The maximum absolute atomic E-state index is 13.1. The summed E-state index contributed by atoms with van der Waals surface area (Å²) in [4.78, 5) is 23.7. The van der Waals surface area contributed by atoms with Gasteiger partial charge in [0.25, 0.3) is 5.91 Å². The summed E-state index contributed by atoms with van der Waals surface area (Å²) in [5.41, 5.74) is 3.78. The number of nitrogens with zero attached hydrogens (tertiary/aromatic N) is 3. The average Bonchev–Trinajstić information content (AvgIpc) is 3.13. The molecule has 1 aliphatic rings. The number of likely N-dealkylation sites (tertiary alicyclic amines) is 1. The number of aryl methyl sites for hydroxylation is 2. The number of aliphatic hydroxyl groups is 1. The van der Waals surface area contributed by atoms with E-state index in [1.807, 2.05) is 68.4 Å². The van der Waals surface area contributed by atoms with E-state index < -0.39 is 5.60 Å². The summed E-state index contributed by atoms with van der Waals surface area (Å²) in [5, 5.41) is 11.0. The number of amides is 1. The molecule has 0 radical (unpaired) electrons. The minimum absolute atomic E-state index is 0.0769. The predicted octanol–water partition coefficient (Wildman–Crippen LogP) is 3.49. The molecule has 1 aromatic heterocycles. The van der Waals surface area contributed by atoms with Crippen LogP contribution in [0.4, 0.5) is 0 Å². The number of carbonyl (C=O) groups excluding carboxylic acids is 1. The molecule has 28 heavy (non-hydrogen) atoms. The van der Waals surface area contributed by atoms with E-state index in [1.54, 1.807) is 11.1 Å². The fourth-order valence-electron chi connectivity index (χ4n) is 3.74. The van der Waals surface area contributed by atoms with Gasteiger partial charge in [-0.15, -0.1) is 0 Å². The molecular weight excluding hydrogens is 350 g/mol. The molecule has 0 bridgehead atoms. The van der Waals surface area contributed by atoms with Crippen LogP contribution >= 0.6 is 0 Å². The first kappa shape index (κ1) is 18.3. The van der Waals surface area contributed by atoms with Gasteiger partial charge in [-0.3, -0.25) is 9.78 Å². The van der Waals surface area contributed by atoms with Crippen molar-refractivity contribution in [3.8, 4) is 11.3 Å². The van der Waals surface area contributed by atoms with Gasteiger partial charge in [-0.25, -0.2) is 4.98 Å². The van der Waals surface area contributed by atoms with Crippen LogP contribution in [0.25, 0.3) is 11.3 Å². The lowest BCUT2D eigenvalue weighted by Crippen LogP contribution is -2.34. The van der Waals surface area contributed by atoms with Crippen LogP contribution in [0.5, 0.6) is 0 Å². The Hall–Kier alpha value is -3.05. The number of carbonyl (C=O) groups is 1. The number of hydrogen-bond acceptors (Lipinski definition) is 4. The Bertz CT molecular complexity index is 1020. The van der Waals surface area contributed by atoms with Crippen molar-refractivity contribution in [2.75, 3.05) is 13.1 Å². The molecule has 1 fully saturated rings. The fraction of sp³-hybridized carbons (Fsp3) is 0.261. The highest BCUT2D eigenvalue weighted by atomic mass is 16.3. The monoisotopic (exact) mass is 373 g/mol. The summed E-state index contributed by atoms with van der Waals surface area (Å²) in [5.74, 6) is -0.0769. The normalized spacial score (nSPS) is 19.0. The molecule has 0 unspecified atom stereocenters. The average molecular weight is 373 g/mol. The first-order valence-corrected chi connectivity index (χ1v) is 9.44. The molecule has 1 aliphatic heterocycles. The van der Waals surface area contributed by atoms with E-state index in [0.29, 0.717) is 25.1 Å². The lowest BCUT2D eigenvalue weighted by Gasteiger charge is -2.24. The number of hydrogen-bond donors (Lipinski definition) is 1. The lowest BCUT2D eigenvalue weighted by molar-refractivity contribution is 0.0417. The molecule has 2 aromatic carbocycles. The van der Waals surface area contributed by atoms with Gasteiger partial charge in [0.1, 0.15) is 5.60 Å².